The van der Waals surface area contributed by atoms with Crippen LogP contribution in [0.15, 0.2) is 24.3 Å². The number of hydrogen-bond acceptors (Lipinski definition) is 3. The Morgan fingerprint density at radius 2 is 1.95 bits per heavy atom. The molecule has 1 aliphatic carbocycles. The lowest BCUT2D eigenvalue weighted by Crippen LogP contribution is -2.22. The summed E-state index contributed by atoms with van der Waals surface area (Å²) < 4.78 is 6.19. The molecule has 2 fully saturated rings. The lowest BCUT2D eigenvalue weighted by Gasteiger charge is -2.20. The largest absolute Gasteiger partial charge is 0.490 e. The molecule has 3 heteroatoms. The zero-order valence-corrected chi connectivity index (χ0v) is 12.1. The summed E-state index contributed by atoms with van der Waals surface area (Å²) in [5, 5.41) is 9.24. The smallest absolute Gasteiger partial charge is 0.124 e. The molecule has 1 atom stereocenters. The molecule has 110 valence electrons. The van der Waals surface area contributed by atoms with Gasteiger partial charge in [0.05, 0.1) is 6.10 Å². The van der Waals surface area contributed by atoms with E-state index in [0.717, 1.165) is 31.8 Å². The molecule has 1 aromatic rings. The Kier molecular flexibility index (Phi) is 4.58. The molecule has 1 aromatic carbocycles. The molecule has 1 aliphatic heterocycles. The van der Waals surface area contributed by atoms with Crippen LogP contribution in [0, 0.1) is 5.92 Å². The number of para-hydroxylation sites is 1. The predicted molar refractivity (Wildman–Crippen MR) is 79.8 cm³/mol. The van der Waals surface area contributed by atoms with Crippen molar-refractivity contribution in [2.24, 2.45) is 5.92 Å². The van der Waals surface area contributed by atoms with E-state index in [9.17, 15) is 5.11 Å². The minimum atomic E-state index is 0.316. The highest BCUT2D eigenvalue weighted by molar-refractivity contribution is 5.33. The van der Waals surface area contributed by atoms with Gasteiger partial charge in [0.2, 0.25) is 0 Å². The highest BCUT2D eigenvalue weighted by Gasteiger charge is 2.23. The average Bonchev–Trinajstić information content (AvgIpc) is 3.12. The number of benzene rings is 1. The molecule has 0 bridgehead atoms. The molecule has 20 heavy (non-hydrogen) atoms. The summed E-state index contributed by atoms with van der Waals surface area (Å²) in [6, 6.07) is 8.44. The van der Waals surface area contributed by atoms with Gasteiger partial charge in [-0.2, -0.15) is 0 Å². The van der Waals surface area contributed by atoms with Crippen LogP contribution >= 0.6 is 0 Å². The first kappa shape index (κ1) is 13.9. The monoisotopic (exact) mass is 275 g/mol. The zero-order valence-electron chi connectivity index (χ0n) is 12.1. The van der Waals surface area contributed by atoms with Crippen LogP contribution < -0.4 is 4.74 Å². The SMILES string of the molecule is OCC1CCN(Cc2ccccc2OC2CCCC2)C1. The molecule has 0 amide bonds. The zero-order chi connectivity index (χ0) is 13.8. The van der Waals surface area contributed by atoms with E-state index in [1.165, 1.54) is 31.2 Å². The summed E-state index contributed by atoms with van der Waals surface area (Å²) in [7, 11) is 0. The van der Waals surface area contributed by atoms with Crippen LogP contribution in [-0.2, 0) is 6.54 Å². The van der Waals surface area contributed by atoms with Gasteiger partial charge in [-0.25, -0.2) is 0 Å². The van der Waals surface area contributed by atoms with Gasteiger partial charge in [0, 0.05) is 25.3 Å². The van der Waals surface area contributed by atoms with Crippen molar-refractivity contribution in [1.29, 1.82) is 0 Å². The van der Waals surface area contributed by atoms with Gasteiger partial charge in [-0.05, 0) is 50.6 Å². The highest BCUT2D eigenvalue weighted by Crippen LogP contribution is 2.28. The van der Waals surface area contributed by atoms with Crippen molar-refractivity contribution in [1.82, 2.24) is 4.90 Å². The Morgan fingerprint density at radius 3 is 2.70 bits per heavy atom. The molecule has 0 aromatic heterocycles. The van der Waals surface area contributed by atoms with E-state index < -0.39 is 0 Å². The van der Waals surface area contributed by atoms with E-state index >= 15 is 0 Å². The van der Waals surface area contributed by atoms with E-state index in [2.05, 4.69) is 29.2 Å². The second kappa shape index (κ2) is 6.59. The molecule has 2 aliphatic rings. The first-order chi connectivity index (χ1) is 9.85. The van der Waals surface area contributed by atoms with Crippen molar-refractivity contribution in [3.05, 3.63) is 29.8 Å². The Balaban J connectivity index is 1.63. The lowest BCUT2D eigenvalue weighted by molar-refractivity contribution is 0.201. The standard InChI is InChI=1S/C17H25NO2/c19-13-14-9-10-18(11-14)12-15-5-1-4-8-17(15)20-16-6-2-3-7-16/h1,4-5,8,14,16,19H,2-3,6-7,9-13H2. The fourth-order valence-corrected chi connectivity index (χ4v) is 3.38. The van der Waals surface area contributed by atoms with Crippen molar-refractivity contribution in [3.63, 3.8) is 0 Å². The Hall–Kier alpha value is -1.06. The summed E-state index contributed by atoms with van der Waals surface area (Å²) in [6.07, 6.45) is 6.53. The number of hydrogen-bond donors (Lipinski definition) is 1. The predicted octanol–water partition coefficient (Wildman–Crippen LogP) is 2.82. The molecule has 3 nitrogen and oxygen atoms in total. The number of likely N-dealkylation sites (tertiary alicyclic amines) is 1. The summed E-state index contributed by atoms with van der Waals surface area (Å²) in [6.45, 7) is 3.35. The van der Waals surface area contributed by atoms with Crippen LogP contribution in [0.25, 0.3) is 0 Å². The van der Waals surface area contributed by atoms with Gasteiger partial charge in [0.15, 0.2) is 0 Å². The number of rotatable bonds is 5. The summed E-state index contributed by atoms with van der Waals surface area (Å²) >= 11 is 0. The van der Waals surface area contributed by atoms with Crippen LogP contribution in [0.3, 0.4) is 0 Å². The van der Waals surface area contributed by atoms with Gasteiger partial charge in [0.25, 0.3) is 0 Å². The topological polar surface area (TPSA) is 32.7 Å². The molecule has 3 rings (SSSR count). The highest BCUT2D eigenvalue weighted by atomic mass is 16.5. The third kappa shape index (κ3) is 3.33. The molecule has 0 spiro atoms. The van der Waals surface area contributed by atoms with Crippen molar-refractivity contribution < 1.29 is 9.84 Å². The molecule has 1 saturated carbocycles. The average molecular weight is 275 g/mol. The van der Waals surface area contributed by atoms with Crippen molar-refractivity contribution in [2.45, 2.75) is 44.8 Å². The number of aliphatic hydroxyl groups excluding tert-OH is 1. The molecule has 1 saturated heterocycles. The molecule has 0 radical (unpaired) electrons. The first-order valence-corrected chi connectivity index (χ1v) is 7.93. The Morgan fingerprint density at radius 1 is 1.15 bits per heavy atom. The molecule has 1 heterocycles. The quantitative estimate of drug-likeness (QED) is 0.897. The van der Waals surface area contributed by atoms with E-state index in [4.69, 9.17) is 4.74 Å². The second-order valence-corrected chi connectivity index (χ2v) is 6.20. The summed E-state index contributed by atoms with van der Waals surface area (Å²) in [5.74, 6) is 1.52. The Bertz CT molecular complexity index is 429. The maximum atomic E-state index is 9.24. The first-order valence-electron chi connectivity index (χ1n) is 7.93. The van der Waals surface area contributed by atoms with Gasteiger partial charge < -0.3 is 9.84 Å². The second-order valence-electron chi connectivity index (χ2n) is 6.20. The fourth-order valence-electron chi connectivity index (χ4n) is 3.38. The number of nitrogens with zero attached hydrogens (tertiary/aromatic N) is 1. The van der Waals surface area contributed by atoms with Crippen molar-refractivity contribution in [2.75, 3.05) is 19.7 Å². The molecule has 1 N–H and O–H groups in total. The normalized spacial score (nSPS) is 24.4. The molecular weight excluding hydrogens is 250 g/mol. The Labute approximate surface area is 121 Å². The molecule has 1 unspecified atom stereocenters. The third-order valence-corrected chi connectivity index (χ3v) is 4.59. The minimum Gasteiger partial charge on any atom is -0.490 e. The van der Waals surface area contributed by atoms with Gasteiger partial charge in [-0.1, -0.05) is 18.2 Å². The van der Waals surface area contributed by atoms with Crippen LogP contribution in [0.4, 0.5) is 0 Å². The van der Waals surface area contributed by atoms with Crippen molar-refractivity contribution >= 4 is 0 Å². The summed E-state index contributed by atoms with van der Waals surface area (Å²) in [4.78, 5) is 2.43. The van der Waals surface area contributed by atoms with E-state index in [1.54, 1.807) is 0 Å². The van der Waals surface area contributed by atoms with Crippen molar-refractivity contribution in [3.8, 4) is 5.75 Å². The van der Waals surface area contributed by atoms with Gasteiger partial charge in [0.1, 0.15) is 5.75 Å². The van der Waals surface area contributed by atoms with E-state index in [-0.39, 0.29) is 0 Å². The number of aliphatic hydroxyl groups is 1. The van der Waals surface area contributed by atoms with Gasteiger partial charge in [-0.15, -0.1) is 0 Å². The van der Waals surface area contributed by atoms with Crippen LogP contribution in [0.2, 0.25) is 0 Å². The molecular formula is C17H25NO2. The third-order valence-electron chi connectivity index (χ3n) is 4.59. The van der Waals surface area contributed by atoms with Gasteiger partial charge in [-0.3, -0.25) is 4.90 Å². The number of ether oxygens (including phenoxy) is 1. The van der Waals surface area contributed by atoms with Crippen LogP contribution in [0.5, 0.6) is 5.75 Å². The maximum Gasteiger partial charge on any atom is 0.124 e. The minimum absolute atomic E-state index is 0.316. The van der Waals surface area contributed by atoms with Crippen LogP contribution in [-0.4, -0.2) is 35.8 Å². The van der Waals surface area contributed by atoms with Gasteiger partial charge >= 0.3 is 0 Å². The van der Waals surface area contributed by atoms with E-state index in [0.29, 0.717) is 18.6 Å². The van der Waals surface area contributed by atoms with E-state index in [1.807, 2.05) is 0 Å². The maximum absolute atomic E-state index is 9.24. The van der Waals surface area contributed by atoms with Crippen LogP contribution in [0.1, 0.15) is 37.7 Å². The summed E-state index contributed by atoms with van der Waals surface area (Å²) in [5.41, 5.74) is 1.29. The lowest BCUT2D eigenvalue weighted by atomic mass is 10.1. The fraction of sp³-hybridized carbons (Fsp3) is 0.647.